The minimum Gasteiger partial charge on any atom is -1.00 e. The molecular weight excluding hydrogens is 225 g/mol. The van der Waals surface area contributed by atoms with E-state index in [-0.39, 0.29) is 83.8 Å². The maximum atomic E-state index is 0. The average Bonchev–Trinajstić information content (AvgIpc) is 0. The van der Waals surface area contributed by atoms with E-state index in [0.29, 0.717) is 0 Å². The summed E-state index contributed by atoms with van der Waals surface area (Å²) in [7, 11) is 0. The van der Waals surface area contributed by atoms with Gasteiger partial charge in [0.2, 0.25) is 0 Å². The summed E-state index contributed by atoms with van der Waals surface area (Å²) in [6.07, 6.45) is 0. The first-order valence-corrected chi connectivity index (χ1v) is 0. The molecule has 0 unspecified atom stereocenters. The Labute approximate surface area is 83.1 Å². The van der Waals surface area contributed by atoms with Gasteiger partial charge in [0.15, 0.2) is 0 Å². The molecule has 0 fully saturated rings. The normalized spacial score (nSPS) is 0. The first kappa shape index (κ1) is 89.5. The third kappa shape index (κ3) is 35.1. The fourth-order valence-electron chi connectivity index (χ4n) is 0. The van der Waals surface area contributed by atoms with Crippen LogP contribution in [0.3, 0.4) is 0 Å². The van der Waals surface area contributed by atoms with Gasteiger partial charge in [-0.25, -0.2) is 0 Å². The van der Waals surface area contributed by atoms with Crippen LogP contribution in [0.25, 0.3) is 0 Å². The summed E-state index contributed by atoms with van der Waals surface area (Å²) < 4.78 is 0. The SMILES string of the molecule is [Cl-].[Cl-].[Cl-].[Cl-].[Cl-].[Ti+2]. The minimum absolute atomic E-state index is 0. The Kier molecular flexibility index (Phi) is 867. The quantitative estimate of drug-likeness (QED) is 0.359. The topological polar surface area (TPSA) is 0 Å². The Morgan fingerprint density at radius 3 is 0.333 bits per heavy atom. The van der Waals surface area contributed by atoms with Crippen molar-refractivity contribution in [3.05, 3.63) is 0 Å². The third-order valence-corrected chi connectivity index (χ3v) is 0. The van der Waals surface area contributed by atoms with Crippen molar-refractivity contribution < 1.29 is 83.8 Å². The van der Waals surface area contributed by atoms with Crippen LogP contribution in [0.1, 0.15) is 0 Å². The molecule has 0 aliphatic heterocycles. The Balaban J connectivity index is 0. The van der Waals surface area contributed by atoms with Crippen molar-refractivity contribution in [1.29, 1.82) is 0 Å². The molecule has 0 saturated carbocycles. The van der Waals surface area contributed by atoms with Crippen LogP contribution in [0.2, 0.25) is 0 Å². The van der Waals surface area contributed by atoms with E-state index in [2.05, 4.69) is 0 Å². The zero-order valence-electron chi connectivity index (χ0n) is 2.39. The van der Waals surface area contributed by atoms with E-state index >= 15 is 0 Å². The molecule has 0 amide bonds. The monoisotopic (exact) mass is 223 g/mol. The molecule has 0 aromatic heterocycles. The van der Waals surface area contributed by atoms with Crippen LogP contribution in [0.5, 0.6) is 0 Å². The molecule has 0 radical (unpaired) electrons. The summed E-state index contributed by atoms with van der Waals surface area (Å²) in [6.45, 7) is 0. The van der Waals surface area contributed by atoms with Crippen molar-refractivity contribution in [2.24, 2.45) is 0 Å². The van der Waals surface area contributed by atoms with Crippen molar-refractivity contribution in [3.63, 3.8) is 0 Å². The first-order valence-electron chi connectivity index (χ1n) is 0. The summed E-state index contributed by atoms with van der Waals surface area (Å²) >= 11 is 0. The van der Waals surface area contributed by atoms with Crippen molar-refractivity contribution in [3.8, 4) is 0 Å². The molecule has 6 heavy (non-hydrogen) atoms. The Morgan fingerprint density at radius 2 is 0.333 bits per heavy atom. The predicted molar refractivity (Wildman–Crippen MR) is 0 cm³/mol. The number of hydrogen-bond acceptors (Lipinski definition) is 0. The second-order valence-electron chi connectivity index (χ2n) is 0. The molecule has 6 heteroatoms. The smallest absolute Gasteiger partial charge is 1.00 e. The fourth-order valence-corrected chi connectivity index (χ4v) is 0. The first-order chi connectivity index (χ1) is 0. The number of hydrogen-bond donors (Lipinski definition) is 0. The van der Waals surface area contributed by atoms with Gasteiger partial charge in [0.1, 0.15) is 0 Å². The summed E-state index contributed by atoms with van der Waals surface area (Å²) in [5.74, 6) is 0. The van der Waals surface area contributed by atoms with Gasteiger partial charge in [0.05, 0.1) is 0 Å². The van der Waals surface area contributed by atoms with E-state index in [4.69, 9.17) is 0 Å². The van der Waals surface area contributed by atoms with Gasteiger partial charge in [-0.05, 0) is 0 Å². The largest absolute Gasteiger partial charge is 2.00 e. The van der Waals surface area contributed by atoms with Crippen LogP contribution in [-0.2, 0) is 21.7 Å². The van der Waals surface area contributed by atoms with E-state index in [1.165, 1.54) is 0 Å². The van der Waals surface area contributed by atoms with Gasteiger partial charge in [-0.3, -0.25) is 0 Å². The van der Waals surface area contributed by atoms with Crippen molar-refractivity contribution in [2.75, 3.05) is 0 Å². The maximum absolute atomic E-state index is 0. The fraction of sp³-hybridized carbons (Fsp3) is 0. The molecule has 0 aromatic rings. The molecule has 0 atom stereocenters. The standard InChI is InChI=1S/5ClH.Ti/h5*1H;/q;;;;;+2/p-5. The molecule has 0 rings (SSSR count). The molecule has 0 heterocycles. The predicted octanol–water partition coefficient (Wildman–Crippen LogP) is -15.0. The van der Waals surface area contributed by atoms with Crippen molar-refractivity contribution in [2.45, 2.75) is 0 Å². The van der Waals surface area contributed by atoms with Crippen LogP contribution >= 0.6 is 0 Å². The van der Waals surface area contributed by atoms with E-state index in [9.17, 15) is 0 Å². The maximum Gasteiger partial charge on any atom is 2.00 e. The second-order valence-corrected chi connectivity index (χ2v) is 0. The zero-order valence-corrected chi connectivity index (χ0v) is 7.73. The van der Waals surface area contributed by atoms with E-state index in [1.54, 1.807) is 0 Å². The molecule has 0 saturated heterocycles. The van der Waals surface area contributed by atoms with Gasteiger partial charge in [0, 0.05) is 0 Å². The van der Waals surface area contributed by atoms with Crippen molar-refractivity contribution in [1.82, 2.24) is 0 Å². The average molecular weight is 225 g/mol. The van der Waals surface area contributed by atoms with E-state index in [0.717, 1.165) is 0 Å². The molecule has 42 valence electrons. The summed E-state index contributed by atoms with van der Waals surface area (Å²) in [4.78, 5) is 0. The Bertz CT molecular complexity index is 3.90. The van der Waals surface area contributed by atoms with E-state index < -0.39 is 0 Å². The van der Waals surface area contributed by atoms with Crippen LogP contribution in [-0.4, -0.2) is 0 Å². The van der Waals surface area contributed by atoms with Gasteiger partial charge < -0.3 is 62.0 Å². The zero-order chi connectivity index (χ0) is 0. The van der Waals surface area contributed by atoms with Crippen molar-refractivity contribution >= 4 is 0 Å². The van der Waals surface area contributed by atoms with Gasteiger partial charge in [-0.2, -0.15) is 0 Å². The molecule has 0 aliphatic rings. The van der Waals surface area contributed by atoms with Crippen LogP contribution < -0.4 is 62.0 Å². The van der Waals surface area contributed by atoms with Crippen LogP contribution in [0.4, 0.5) is 0 Å². The van der Waals surface area contributed by atoms with Crippen LogP contribution in [0, 0.1) is 0 Å². The molecule has 0 N–H and O–H groups in total. The summed E-state index contributed by atoms with van der Waals surface area (Å²) in [6, 6.07) is 0. The molecule has 0 aromatic carbocycles. The number of halogens is 5. The molecular formula is Cl5Ti-3. The third-order valence-electron chi connectivity index (χ3n) is 0. The van der Waals surface area contributed by atoms with Gasteiger partial charge in [-0.1, -0.05) is 0 Å². The Morgan fingerprint density at radius 1 is 0.333 bits per heavy atom. The van der Waals surface area contributed by atoms with E-state index in [1.807, 2.05) is 0 Å². The number of rotatable bonds is 0. The van der Waals surface area contributed by atoms with Crippen LogP contribution in [0.15, 0.2) is 0 Å². The minimum atomic E-state index is 0. The summed E-state index contributed by atoms with van der Waals surface area (Å²) in [5.41, 5.74) is 0. The van der Waals surface area contributed by atoms with Gasteiger partial charge >= 0.3 is 21.7 Å². The summed E-state index contributed by atoms with van der Waals surface area (Å²) in [5, 5.41) is 0. The van der Waals surface area contributed by atoms with Gasteiger partial charge in [-0.15, -0.1) is 0 Å². The molecule has 0 bridgehead atoms. The molecule has 0 aliphatic carbocycles. The second kappa shape index (κ2) is 58.1. The Hall–Kier alpha value is 2.16. The molecule has 0 nitrogen and oxygen atoms in total. The molecule has 0 spiro atoms. The van der Waals surface area contributed by atoms with Gasteiger partial charge in [0.25, 0.3) is 0 Å².